The normalized spacial score (nSPS) is 20.6. The quantitative estimate of drug-likeness (QED) is 0.816. The van der Waals surface area contributed by atoms with Crippen LogP contribution in [0.1, 0.15) is 31.6 Å². The molecule has 0 saturated carbocycles. The molecule has 0 aromatic carbocycles. The van der Waals surface area contributed by atoms with Crippen LogP contribution in [0, 0.1) is 0 Å². The first-order valence-electron chi connectivity index (χ1n) is 9.15. The lowest BCUT2D eigenvalue weighted by Crippen LogP contribution is -2.33. The molecule has 1 unspecified atom stereocenters. The first kappa shape index (κ1) is 20.3. The molecule has 2 aliphatic rings. The molecular formula is C20H22F3N3O2. The number of hydrogen-bond acceptors (Lipinski definition) is 4. The van der Waals surface area contributed by atoms with Crippen LogP contribution >= 0.6 is 0 Å². The van der Waals surface area contributed by atoms with Crippen LogP contribution in [0.25, 0.3) is 0 Å². The first-order valence-corrected chi connectivity index (χ1v) is 9.15. The molecule has 2 N–H and O–H groups in total. The van der Waals surface area contributed by atoms with Gasteiger partial charge in [0.15, 0.2) is 0 Å². The zero-order valence-electron chi connectivity index (χ0n) is 15.5. The molecule has 3 rings (SSSR count). The minimum Gasteiger partial charge on any atom is -0.369 e. The summed E-state index contributed by atoms with van der Waals surface area (Å²) >= 11 is 0. The van der Waals surface area contributed by atoms with E-state index >= 15 is 0 Å². The fourth-order valence-electron chi connectivity index (χ4n) is 3.13. The molecule has 1 aromatic heterocycles. The van der Waals surface area contributed by atoms with Gasteiger partial charge in [-0.15, -0.1) is 0 Å². The van der Waals surface area contributed by atoms with Crippen LogP contribution in [-0.2, 0) is 9.53 Å². The number of carbonyl (C=O) groups excluding carboxylic acids is 1. The number of morpholine rings is 1. The summed E-state index contributed by atoms with van der Waals surface area (Å²) in [6.45, 7) is 3.72. The van der Waals surface area contributed by atoms with E-state index in [0.29, 0.717) is 18.8 Å². The fraction of sp³-hybridized carbons (Fsp3) is 0.400. The number of alkyl halides is 3. The largest absolute Gasteiger partial charge is 0.416 e. The number of carbonyl (C=O) groups is 1. The van der Waals surface area contributed by atoms with Gasteiger partial charge in [0.05, 0.1) is 29.8 Å². The van der Waals surface area contributed by atoms with Gasteiger partial charge in [-0.2, -0.15) is 13.2 Å². The number of amides is 1. The highest BCUT2D eigenvalue weighted by Crippen LogP contribution is 2.34. The zero-order chi connectivity index (χ0) is 20.1. The van der Waals surface area contributed by atoms with Crippen LogP contribution in [-0.4, -0.2) is 36.8 Å². The Hall–Kier alpha value is -2.45. The Labute approximate surface area is 161 Å². The number of pyridine rings is 1. The molecule has 1 aliphatic carbocycles. The SMILES string of the molecule is CCC1=C(C(F)(F)F)C=C(C(=O)Nc2ccc(C3CNCCO3)nc2)C=CC1. The van der Waals surface area contributed by atoms with Crippen molar-refractivity contribution in [3.8, 4) is 0 Å². The van der Waals surface area contributed by atoms with Crippen LogP contribution in [0.5, 0.6) is 0 Å². The molecule has 2 heterocycles. The van der Waals surface area contributed by atoms with Gasteiger partial charge in [0.2, 0.25) is 0 Å². The van der Waals surface area contributed by atoms with Crippen LogP contribution in [0.3, 0.4) is 0 Å². The smallest absolute Gasteiger partial charge is 0.369 e. The van der Waals surface area contributed by atoms with Gasteiger partial charge < -0.3 is 15.4 Å². The number of allylic oxidation sites excluding steroid dienone is 4. The Morgan fingerprint density at radius 1 is 1.39 bits per heavy atom. The minimum atomic E-state index is -4.50. The predicted octanol–water partition coefficient (Wildman–Crippen LogP) is 3.84. The molecule has 8 heteroatoms. The van der Waals surface area contributed by atoms with Gasteiger partial charge in [0, 0.05) is 18.7 Å². The van der Waals surface area contributed by atoms with E-state index in [0.717, 1.165) is 18.3 Å². The molecule has 28 heavy (non-hydrogen) atoms. The lowest BCUT2D eigenvalue weighted by molar-refractivity contribution is -0.112. The van der Waals surface area contributed by atoms with Crippen molar-refractivity contribution in [2.75, 3.05) is 25.0 Å². The molecule has 1 fully saturated rings. The Kier molecular flexibility index (Phi) is 6.31. The predicted molar refractivity (Wildman–Crippen MR) is 99.6 cm³/mol. The van der Waals surface area contributed by atoms with Gasteiger partial charge in [-0.25, -0.2) is 0 Å². The summed E-state index contributed by atoms with van der Waals surface area (Å²) < 4.78 is 45.7. The molecule has 1 aromatic rings. The first-order chi connectivity index (χ1) is 13.4. The highest BCUT2D eigenvalue weighted by atomic mass is 19.4. The molecule has 1 atom stereocenters. The van der Waals surface area contributed by atoms with Crippen molar-refractivity contribution in [3.63, 3.8) is 0 Å². The van der Waals surface area contributed by atoms with Crippen molar-refractivity contribution < 1.29 is 22.7 Å². The van der Waals surface area contributed by atoms with Crippen molar-refractivity contribution in [1.82, 2.24) is 10.3 Å². The summed E-state index contributed by atoms with van der Waals surface area (Å²) in [5.74, 6) is -0.611. The average molecular weight is 393 g/mol. The number of hydrogen-bond donors (Lipinski definition) is 2. The minimum absolute atomic E-state index is 0.0420. The number of rotatable bonds is 4. The lowest BCUT2D eigenvalue weighted by atomic mass is 10.0. The summed E-state index contributed by atoms with van der Waals surface area (Å²) in [7, 11) is 0. The van der Waals surface area contributed by atoms with Crippen LogP contribution < -0.4 is 10.6 Å². The second kappa shape index (κ2) is 8.70. The third-order valence-electron chi connectivity index (χ3n) is 4.64. The monoisotopic (exact) mass is 393 g/mol. The van der Waals surface area contributed by atoms with Crippen molar-refractivity contribution in [2.24, 2.45) is 0 Å². The number of aromatic nitrogens is 1. The van der Waals surface area contributed by atoms with E-state index in [1.807, 2.05) is 0 Å². The van der Waals surface area contributed by atoms with Crippen LogP contribution in [0.2, 0.25) is 0 Å². The highest BCUT2D eigenvalue weighted by molar-refractivity contribution is 6.06. The summed E-state index contributed by atoms with van der Waals surface area (Å²) in [6, 6.07) is 3.40. The zero-order valence-corrected chi connectivity index (χ0v) is 15.5. The van der Waals surface area contributed by atoms with Crippen molar-refractivity contribution in [2.45, 2.75) is 32.0 Å². The van der Waals surface area contributed by atoms with E-state index in [2.05, 4.69) is 15.6 Å². The van der Waals surface area contributed by atoms with Crippen molar-refractivity contribution in [3.05, 3.63) is 59.0 Å². The molecule has 1 saturated heterocycles. The summed E-state index contributed by atoms with van der Waals surface area (Å²) in [5, 5.41) is 5.81. The molecule has 0 radical (unpaired) electrons. The third kappa shape index (κ3) is 4.88. The lowest BCUT2D eigenvalue weighted by Gasteiger charge is -2.23. The Balaban J connectivity index is 1.74. The summed E-state index contributed by atoms with van der Waals surface area (Å²) in [5.41, 5.74) is 0.608. The maximum Gasteiger partial charge on any atom is 0.416 e. The number of nitrogens with one attached hydrogen (secondary N) is 2. The number of ether oxygens (including phenoxy) is 1. The van der Waals surface area contributed by atoms with Gasteiger partial charge in [-0.05, 0) is 31.1 Å². The Morgan fingerprint density at radius 2 is 2.21 bits per heavy atom. The Bertz CT molecular complexity index is 805. The van der Waals surface area contributed by atoms with Gasteiger partial charge >= 0.3 is 6.18 Å². The van der Waals surface area contributed by atoms with E-state index in [9.17, 15) is 18.0 Å². The maximum absolute atomic E-state index is 13.4. The molecule has 150 valence electrons. The standard InChI is InChI=1S/C20H22F3N3O2/c1-2-13-4-3-5-14(10-16(13)20(21,22)23)19(27)26-15-6-7-17(25-11-15)18-12-24-8-9-28-18/h3,5-7,10-11,18,24H,2,4,8-9,12H2,1H3,(H,26,27). The summed E-state index contributed by atoms with van der Waals surface area (Å²) in [6.07, 6.45) is 1.19. The van der Waals surface area contributed by atoms with Gasteiger partial charge in [0.1, 0.15) is 6.10 Å². The Morgan fingerprint density at radius 3 is 2.82 bits per heavy atom. The molecule has 5 nitrogen and oxygen atoms in total. The second-order valence-electron chi connectivity index (χ2n) is 6.56. The van der Waals surface area contributed by atoms with Gasteiger partial charge in [-0.3, -0.25) is 9.78 Å². The van der Waals surface area contributed by atoms with E-state index in [4.69, 9.17) is 4.74 Å². The molecule has 0 spiro atoms. The van der Waals surface area contributed by atoms with Crippen LogP contribution in [0.15, 0.2) is 53.3 Å². The van der Waals surface area contributed by atoms with E-state index < -0.39 is 17.7 Å². The van der Waals surface area contributed by atoms with Gasteiger partial charge in [-0.1, -0.05) is 24.6 Å². The summed E-state index contributed by atoms with van der Waals surface area (Å²) in [4.78, 5) is 16.8. The number of nitrogens with zero attached hydrogens (tertiary/aromatic N) is 1. The number of halogens is 3. The van der Waals surface area contributed by atoms with Crippen LogP contribution in [0.4, 0.5) is 18.9 Å². The maximum atomic E-state index is 13.4. The van der Waals surface area contributed by atoms with E-state index in [1.165, 1.54) is 12.3 Å². The fourth-order valence-corrected chi connectivity index (χ4v) is 3.13. The van der Waals surface area contributed by atoms with Gasteiger partial charge in [0.25, 0.3) is 5.91 Å². The molecule has 0 bridgehead atoms. The third-order valence-corrected chi connectivity index (χ3v) is 4.64. The molecule has 1 amide bonds. The molecular weight excluding hydrogens is 371 g/mol. The second-order valence-corrected chi connectivity index (χ2v) is 6.56. The van der Waals surface area contributed by atoms with E-state index in [-0.39, 0.29) is 30.1 Å². The topological polar surface area (TPSA) is 63.2 Å². The van der Waals surface area contributed by atoms with Crippen molar-refractivity contribution in [1.29, 1.82) is 0 Å². The van der Waals surface area contributed by atoms with Crippen molar-refractivity contribution >= 4 is 11.6 Å². The van der Waals surface area contributed by atoms with E-state index in [1.54, 1.807) is 25.1 Å². The highest BCUT2D eigenvalue weighted by Gasteiger charge is 2.35. The average Bonchev–Trinajstić information content (AvgIpc) is 2.92. The molecule has 1 aliphatic heterocycles. The number of anilines is 1.